The summed E-state index contributed by atoms with van der Waals surface area (Å²) in [4.78, 5) is 11.5. The molecule has 9 rings (SSSR count). The van der Waals surface area contributed by atoms with Gasteiger partial charge in [0.1, 0.15) is 17.8 Å². The number of aliphatic hydroxyl groups is 3. The topological polar surface area (TPSA) is 153 Å². The molecule has 5 N–H and O–H groups in total. The molecule has 0 radical (unpaired) electrons. The van der Waals surface area contributed by atoms with E-state index >= 15 is 0 Å². The molecule has 9 heteroatoms. The number of ether oxygens (including phenoxy) is 1. The van der Waals surface area contributed by atoms with E-state index in [0.717, 1.165) is 44.3 Å². The zero-order valence-electron chi connectivity index (χ0n) is 26.5. The minimum Gasteiger partial charge on any atom is -0.504 e. The molecule has 7 aliphatic rings. The number of ketones is 1. The van der Waals surface area contributed by atoms with Crippen molar-refractivity contribution in [2.24, 2.45) is 28.6 Å². The van der Waals surface area contributed by atoms with Crippen LogP contribution in [-0.2, 0) is 22.4 Å². The van der Waals surface area contributed by atoms with E-state index < -0.39 is 22.7 Å². The van der Waals surface area contributed by atoms with Crippen molar-refractivity contribution < 1.29 is 39.6 Å². The maximum Gasteiger partial charge on any atom is 0.224 e. The van der Waals surface area contributed by atoms with Gasteiger partial charge in [0.2, 0.25) is 11.5 Å². The Hall–Kier alpha value is -4.26. The number of allylic oxidation sites excluding steroid dienone is 3. The summed E-state index contributed by atoms with van der Waals surface area (Å²) in [5.74, 6) is 4.06. The first-order valence-electron chi connectivity index (χ1n) is 16.5. The van der Waals surface area contributed by atoms with Gasteiger partial charge in [-0.25, -0.2) is 0 Å². The number of rotatable bonds is 0. The minimum atomic E-state index is -1.33. The third-order valence-electron chi connectivity index (χ3n) is 12.9. The number of phenolic OH excluding ortho intramolecular Hbond substituents is 2. The van der Waals surface area contributed by atoms with Gasteiger partial charge in [0.05, 0.1) is 6.20 Å². The molecule has 7 atom stereocenters. The molecule has 2 aromatic rings. The molecule has 3 fully saturated rings. The normalized spacial score (nSPS) is 37.5. The molecule has 3 saturated carbocycles. The van der Waals surface area contributed by atoms with Gasteiger partial charge in [-0.2, -0.15) is 0 Å². The number of terminal acetylenes is 1. The number of nitrogens with zero attached hydrogens (tertiary/aromatic N) is 1. The fourth-order valence-corrected chi connectivity index (χ4v) is 10.4. The van der Waals surface area contributed by atoms with Crippen LogP contribution in [0.1, 0.15) is 74.8 Å². The molecule has 47 heavy (non-hydrogen) atoms. The molecule has 0 spiro atoms. The van der Waals surface area contributed by atoms with Gasteiger partial charge in [0, 0.05) is 28.5 Å². The van der Waals surface area contributed by atoms with Crippen LogP contribution < -0.4 is 0 Å². The lowest BCUT2D eigenvalue weighted by Crippen LogP contribution is -2.54. The van der Waals surface area contributed by atoms with Crippen LogP contribution in [0.5, 0.6) is 11.5 Å². The van der Waals surface area contributed by atoms with E-state index in [0.29, 0.717) is 40.0 Å². The smallest absolute Gasteiger partial charge is 0.224 e. The van der Waals surface area contributed by atoms with Gasteiger partial charge < -0.3 is 34.8 Å². The first-order chi connectivity index (χ1) is 22.3. The van der Waals surface area contributed by atoms with Crippen LogP contribution in [0, 0.1) is 40.9 Å². The van der Waals surface area contributed by atoms with Crippen LogP contribution in [0.2, 0.25) is 0 Å². The van der Waals surface area contributed by atoms with Crippen LogP contribution in [0.25, 0.3) is 11.6 Å². The molecular formula is C38H39NO8. The van der Waals surface area contributed by atoms with Gasteiger partial charge in [-0.15, -0.1) is 6.42 Å². The average molecular weight is 638 g/mol. The summed E-state index contributed by atoms with van der Waals surface area (Å²) < 4.78 is 10.8. The van der Waals surface area contributed by atoms with E-state index in [1.807, 2.05) is 6.20 Å². The Kier molecular flexibility index (Phi) is 6.33. The van der Waals surface area contributed by atoms with Crippen molar-refractivity contribution >= 4 is 17.4 Å². The van der Waals surface area contributed by atoms with Crippen molar-refractivity contribution in [1.82, 2.24) is 5.16 Å². The highest BCUT2D eigenvalue weighted by Crippen LogP contribution is 2.67. The Morgan fingerprint density at radius 3 is 2.53 bits per heavy atom. The van der Waals surface area contributed by atoms with Gasteiger partial charge in [0.25, 0.3) is 0 Å². The fourth-order valence-electron chi connectivity index (χ4n) is 10.4. The van der Waals surface area contributed by atoms with Gasteiger partial charge in [-0.05, 0) is 110 Å². The van der Waals surface area contributed by atoms with E-state index in [2.05, 4.69) is 31.0 Å². The van der Waals surface area contributed by atoms with Gasteiger partial charge >= 0.3 is 0 Å². The van der Waals surface area contributed by atoms with Crippen molar-refractivity contribution in [3.63, 3.8) is 0 Å². The SMILES string of the molecule is C#CC1(O)CCC2C3CCC4=Cc5oncc5CC4(C)C3CCC21C.O=C1C=CC2=C3c4cc(O)c(O)cc4CC3(O)COC2=C1O. The highest BCUT2D eigenvalue weighted by atomic mass is 16.5. The first-order valence-corrected chi connectivity index (χ1v) is 16.5. The van der Waals surface area contributed by atoms with E-state index in [1.165, 1.54) is 36.3 Å². The second-order valence-electron chi connectivity index (χ2n) is 15.1. The molecule has 1 aliphatic heterocycles. The first kappa shape index (κ1) is 30.1. The Labute approximate surface area is 272 Å². The van der Waals surface area contributed by atoms with Crippen LogP contribution >= 0.6 is 0 Å². The van der Waals surface area contributed by atoms with Crippen LogP contribution in [0.3, 0.4) is 0 Å². The van der Waals surface area contributed by atoms with Gasteiger partial charge in [0.15, 0.2) is 23.0 Å². The van der Waals surface area contributed by atoms with Crippen molar-refractivity contribution in [2.45, 2.75) is 76.4 Å². The van der Waals surface area contributed by atoms with E-state index in [-0.39, 0.29) is 41.1 Å². The lowest BCUT2D eigenvalue weighted by molar-refractivity contribution is -0.114. The molecule has 0 saturated heterocycles. The van der Waals surface area contributed by atoms with Crippen molar-refractivity contribution in [3.8, 4) is 23.8 Å². The van der Waals surface area contributed by atoms with Crippen LogP contribution in [0.15, 0.2) is 57.7 Å². The molecule has 6 aliphatic carbocycles. The number of carbonyl (C=O) groups is 1. The number of hydrogen-bond donors (Lipinski definition) is 5. The number of carbonyl (C=O) groups excluding carboxylic acids is 1. The standard InChI is InChI=1S/C22H27NO2.C16H12O6/c1-4-22(24)10-8-18-16-6-5-15-11-19-14(13-23-25-19)12-20(15,2)17(16)7-9-21(18,22)3;17-10-2-1-8-13-9-4-12(19)11(18)3-7(9)5-16(13,21)6-22-15(8)14(10)20/h1,11,13,16-18,24H,5-10,12H2,2-3H3;1-4,18-21H,5-6H2. The highest BCUT2D eigenvalue weighted by molar-refractivity contribution is 6.06. The Morgan fingerprint density at radius 1 is 0.979 bits per heavy atom. The number of hydrogen-bond acceptors (Lipinski definition) is 9. The monoisotopic (exact) mass is 637 g/mol. The van der Waals surface area contributed by atoms with E-state index in [4.69, 9.17) is 15.7 Å². The average Bonchev–Trinajstić information content (AvgIpc) is 3.69. The van der Waals surface area contributed by atoms with Crippen LogP contribution in [-0.4, -0.2) is 54.3 Å². The highest BCUT2D eigenvalue weighted by Gasteiger charge is 2.63. The maximum absolute atomic E-state index is 11.5. The third-order valence-corrected chi connectivity index (χ3v) is 12.9. The Morgan fingerprint density at radius 2 is 1.74 bits per heavy atom. The van der Waals surface area contributed by atoms with E-state index in [9.17, 15) is 30.3 Å². The number of phenols is 2. The van der Waals surface area contributed by atoms with E-state index in [1.54, 1.807) is 5.57 Å². The molecule has 244 valence electrons. The minimum absolute atomic E-state index is 0.0348. The number of aliphatic hydroxyl groups excluding tert-OH is 1. The summed E-state index contributed by atoms with van der Waals surface area (Å²) in [5, 5.41) is 55.2. The number of aromatic nitrogens is 1. The lowest BCUT2D eigenvalue weighted by Gasteiger charge is -2.58. The summed E-state index contributed by atoms with van der Waals surface area (Å²) >= 11 is 0. The second kappa shape index (κ2) is 9.88. The molecule has 2 heterocycles. The largest absolute Gasteiger partial charge is 0.504 e. The van der Waals surface area contributed by atoms with Gasteiger partial charge in [-0.1, -0.05) is 30.5 Å². The maximum atomic E-state index is 11.5. The summed E-state index contributed by atoms with van der Waals surface area (Å²) in [5.41, 5.74) is 2.79. The summed E-state index contributed by atoms with van der Waals surface area (Å²) in [6, 6.07) is 2.77. The molecule has 1 aromatic carbocycles. The van der Waals surface area contributed by atoms with Gasteiger partial charge in [-0.3, -0.25) is 4.79 Å². The van der Waals surface area contributed by atoms with Crippen molar-refractivity contribution in [3.05, 3.63) is 75.6 Å². The molecule has 0 amide bonds. The second-order valence-corrected chi connectivity index (χ2v) is 15.1. The molecule has 7 unspecified atom stereocenters. The predicted octanol–water partition coefficient (Wildman–Crippen LogP) is 5.30. The lowest BCUT2D eigenvalue weighted by atomic mass is 9.46. The molecule has 1 aromatic heterocycles. The Balaban J connectivity index is 0.000000139. The molecular weight excluding hydrogens is 598 g/mol. The zero-order valence-corrected chi connectivity index (χ0v) is 26.5. The van der Waals surface area contributed by atoms with Crippen molar-refractivity contribution in [1.29, 1.82) is 0 Å². The molecule has 9 nitrogen and oxygen atoms in total. The summed E-state index contributed by atoms with van der Waals surface area (Å²) in [6.07, 6.45) is 20.3. The van der Waals surface area contributed by atoms with Crippen LogP contribution in [0.4, 0.5) is 0 Å². The quantitative estimate of drug-likeness (QED) is 0.191. The Bertz CT molecular complexity index is 1910. The third kappa shape index (κ3) is 4.04. The van der Waals surface area contributed by atoms with Crippen molar-refractivity contribution in [2.75, 3.05) is 6.61 Å². The fraction of sp³-hybridized carbons (Fsp3) is 0.474. The zero-order chi connectivity index (χ0) is 33.1. The summed E-state index contributed by atoms with van der Waals surface area (Å²) in [7, 11) is 0. The number of aromatic hydroxyl groups is 2. The molecule has 0 bridgehead atoms. The number of fused-ring (bicyclic) bond motifs is 10. The number of benzene rings is 1. The predicted molar refractivity (Wildman–Crippen MR) is 171 cm³/mol. The summed E-state index contributed by atoms with van der Waals surface area (Å²) in [6.45, 7) is 4.59.